The standard InChI is InChI=1S/C52H39BO2/c1-51(2)52(3,4)55-53(54-51)38-23-26-45-48(29-38)47(37-22-25-42-35(28-37)20-18-33-12-6-8-14-40(33)42)31-49-44-16-10-9-15-43(44)46(30-50(45)49)36-21-24-41-34(27-36)19-17-32-11-5-7-13-39(32)41/h5-31H,1-4H3. The third-order valence-corrected chi connectivity index (χ3v) is 12.6. The van der Waals surface area contributed by atoms with Gasteiger partial charge in [-0.25, -0.2) is 0 Å². The van der Waals surface area contributed by atoms with Gasteiger partial charge in [-0.15, -0.1) is 0 Å². The Hall–Kier alpha value is -6.00. The third-order valence-electron chi connectivity index (χ3n) is 12.6. The Labute approximate surface area is 321 Å². The Bertz CT molecular complexity index is 3210. The van der Waals surface area contributed by atoms with E-state index in [9.17, 15) is 0 Å². The second-order valence-corrected chi connectivity index (χ2v) is 16.3. The van der Waals surface area contributed by atoms with Crippen LogP contribution in [0.4, 0.5) is 0 Å². The van der Waals surface area contributed by atoms with E-state index in [4.69, 9.17) is 9.31 Å². The molecule has 262 valence electrons. The van der Waals surface area contributed by atoms with Crippen molar-refractivity contribution in [2.24, 2.45) is 0 Å². The van der Waals surface area contributed by atoms with Crippen molar-refractivity contribution in [3.05, 3.63) is 164 Å². The van der Waals surface area contributed by atoms with E-state index >= 15 is 0 Å². The highest BCUT2D eigenvalue weighted by atomic mass is 16.7. The molecule has 0 spiro atoms. The monoisotopic (exact) mass is 706 g/mol. The second kappa shape index (κ2) is 11.8. The summed E-state index contributed by atoms with van der Waals surface area (Å²) in [6.45, 7) is 8.47. The van der Waals surface area contributed by atoms with Crippen molar-refractivity contribution in [2.45, 2.75) is 38.9 Å². The van der Waals surface area contributed by atoms with Crippen molar-refractivity contribution in [2.75, 3.05) is 0 Å². The largest absolute Gasteiger partial charge is 0.494 e. The maximum Gasteiger partial charge on any atom is 0.494 e. The van der Waals surface area contributed by atoms with Gasteiger partial charge in [-0.05, 0) is 155 Å². The molecule has 0 amide bonds. The highest BCUT2D eigenvalue weighted by Gasteiger charge is 2.51. The topological polar surface area (TPSA) is 18.5 Å². The fourth-order valence-electron chi connectivity index (χ4n) is 8.98. The van der Waals surface area contributed by atoms with Gasteiger partial charge in [0.05, 0.1) is 11.2 Å². The molecule has 0 aliphatic carbocycles. The van der Waals surface area contributed by atoms with E-state index in [2.05, 4.69) is 191 Å². The molecule has 0 radical (unpaired) electrons. The molecule has 0 unspecified atom stereocenters. The SMILES string of the molecule is CC1(C)OB(c2ccc3c(c2)c(-c2ccc4c(ccc5ccccc54)c2)cc2c4ccccc4c(-c4ccc5c(ccc6ccccc65)c4)cc32)OC1(C)C. The lowest BCUT2D eigenvalue weighted by Crippen LogP contribution is -2.41. The van der Waals surface area contributed by atoms with E-state index < -0.39 is 18.3 Å². The van der Waals surface area contributed by atoms with Crippen molar-refractivity contribution in [3.63, 3.8) is 0 Å². The first-order chi connectivity index (χ1) is 26.7. The van der Waals surface area contributed by atoms with E-state index in [0.29, 0.717) is 0 Å². The molecule has 11 rings (SSSR count). The lowest BCUT2D eigenvalue weighted by Gasteiger charge is -2.32. The summed E-state index contributed by atoms with van der Waals surface area (Å²) in [6, 6.07) is 60.8. The summed E-state index contributed by atoms with van der Waals surface area (Å²) in [6.07, 6.45) is 0. The zero-order valence-electron chi connectivity index (χ0n) is 31.5. The molecule has 0 saturated carbocycles. The molecule has 3 heteroatoms. The van der Waals surface area contributed by atoms with Crippen LogP contribution in [0.3, 0.4) is 0 Å². The van der Waals surface area contributed by atoms with Gasteiger partial charge in [0.2, 0.25) is 0 Å². The molecule has 55 heavy (non-hydrogen) atoms. The highest BCUT2D eigenvalue weighted by molar-refractivity contribution is 6.62. The van der Waals surface area contributed by atoms with Crippen molar-refractivity contribution < 1.29 is 9.31 Å². The van der Waals surface area contributed by atoms with Gasteiger partial charge in [-0.1, -0.05) is 140 Å². The van der Waals surface area contributed by atoms with Crippen LogP contribution in [0, 0.1) is 0 Å². The average Bonchev–Trinajstić information content (AvgIpc) is 3.44. The summed E-state index contributed by atoms with van der Waals surface area (Å²) in [5.74, 6) is 0. The molecule has 1 fully saturated rings. The number of fused-ring (bicyclic) bond motifs is 11. The first-order valence-electron chi connectivity index (χ1n) is 19.3. The molecular formula is C52H39BO2. The Morgan fingerprint density at radius 3 is 1.31 bits per heavy atom. The minimum atomic E-state index is -0.457. The number of hydrogen-bond donors (Lipinski definition) is 0. The van der Waals surface area contributed by atoms with Crippen molar-refractivity contribution in [3.8, 4) is 22.3 Å². The Kier molecular flexibility index (Phi) is 6.93. The third kappa shape index (κ3) is 4.97. The van der Waals surface area contributed by atoms with Crippen LogP contribution in [0.2, 0.25) is 0 Å². The van der Waals surface area contributed by atoms with Gasteiger partial charge in [0.1, 0.15) is 0 Å². The molecule has 1 aliphatic heterocycles. The minimum absolute atomic E-state index is 0.431. The zero-order chi connectivity index (χ0) is 37.1. The fourth-order valence-corrected chi connectivity index (χ4v) is 8.98. The van der Waals surface area contributed by atoms with Gasteiger partial charge in [0.25, 0.3) is 0 Å². The molecule has 0 atom stereocenters. The van der Waals surface area contributed by atoms with E-state index in [0.717, 1.165) is 5.46 Å². The summed E-state index contributed by atoms with van der Waals surface area (Å²) in [5.41, 5.74) is 5.01. The van der Waals surface area contributed by atoms with E-state index in [-0.39, 0.29) is 0 Å². The lowest BCUT2D eigenvalue weighted by molar-refractivity contribution is 0.00578. The molecule has 0 N–H and O–H groups in total. The molecular weight excluding hydrogens is 667 g/mol. The summed E-state index contributed by atoms with van der Waals surface area (Å²) in [4.78, 5) is 0. The number of rotatable bonds is 3. The van der Waals surface area contributed by atoms with E-state index in [1.807, 2.05) is 0 Å². The van der Waals surface area contributed by atoms with Crippen LogP contribution in [-0.2, 0) is 9.31 Å². The van der Waals surface area contributed by atoms with E-state index in [1.165, 1.54) is 97.7 Å². The smallest absolute Gasteiger partial charge is 0.399 e. The van der Waals surface area contributed by atoms with Gasteiger partial charge in [0.15, 0.2) is 0 Å². The summed E-state index contributed by atoms with van der Waals surface area (Å²) in [5, 5.41) is 17.5. The van der Waals surface area contributed by atoms with Crippen LogP contribution in [0.1, 0.15) is 27.7 Å². The second-order valence-electron chi connectivity index (χ2n) is 16.3. The molecule has 0 aromatic heterocycles. The molecule has 1 heterocycles. The van der Waals surface area contributed by atoms with Crippen LogP contribution in [0.5, 0.6) is 0 Å². The van der Waals surface area contributed by atoms with Crippen LogP contribution < -0.4 is 5.46 Å². The van der Waals surface area contributed by atoms with Crippen molar-refractivity contribution >= 4 is 88.0 Å². The first-order valence-corrected chi connectivity index (χ1v) is 19.3. The fraction of sp³-hybridized carbons (Fsp3) is 0.115. The molecule has 1 saturated heterocycles. The molecule has 1 aliphatic rings. The zero-order valence-corrected chi connectivity index (χ0v) is 31.5. The van der Waals surface area contributed by atoms with Crippen LogP contribution >= 0.6 is 0 Å². The van der Waals surface area contributed by atoms with Gasteiger partial charge in [0, 0.05) is 0 Å². The van der Waals surface area contributed by atoms with Crippen LogP contribution in [0.25, 0.3) is 97.7 Å². The van der Waals surface area contributed by atoms with Gasteiger partial charge in [-0.3, -0.25) is 0 Å². The Balaban J connectivity index is 1.18. The Morgan fingerprint density at radius 1 is 0.327 bits per heavy atom. The van der Waals surface area contributed by atoms with Crippen molar-refractivity contribution in [1.82, 2.24) is 0 Å². The van der Waals surface area contributed by atoms with E-state index in [1.54, 1.807) is 0 Å². The number of benzene rings is 10. The molecule has 10 aromatic carbocycles. The summed E-state index contributed by atoms with van der Waals surface area (Å²) in [7, 11) is -0.457. The van der Waals surface area contributed by atoms with Gasteiger partial charge < -0.3 is 9.31 Å². The average molecular weight is 707 g/mol. The quantitative estimate of drug-likeness (QED) is 0.135. The summed E-state index contributed by atoms with van der Waals surface area (Å²) < 4.78 is 13.2. The number of hydrogen-bond acceptors (Lipinski definition) is 2. The molecule has 0 bridgehead atoms. The lowest BCUT2D eigenvalue weighted by atomic mass is 9.77. The highest BCUT2D eigenvalue weighted by Crippen LogP contribution is 2.44. The predicted molar refractivity (Wildman–Crippen MR) is 236 cm³/mol. The Morgan fingerprint density at radius 2 is 0.745 bits per heavy atom. The first kappa shape index (κ1) is 32.4. The maximum atomic E-state index is 6.60. The van der Waals surface area contributed by atoms with Gasteiger partial charge in [-0.2, -0.15) is 0 Å². The van der Waals surface area contributed by atoms with Crippen LogP contribution in [-0.4, -0.2) is 18.3 Å². The van der Waals surface area contributed by atoms with Crippen molar-refractivity contribution in [1.29, 1.82) is 0 Å². The van der Waals surface area contributed by atoms with Crippen LogP contribution in [0.15, 0.2) is 164 Å². The normalized spacial score (nSPS) is 15.4. The molecule has 2 nitrogen and oxygen atoms in total. The van der Waals surface area contributed by atoms with Gasteiger partial charge >= 0.3 is 7.12 Å². The summed E-state index contributed by atoms with van der Waals surface area (Å²) >= 11 is 0. The maximum absolute atomic E-state index is 6.60. The molecule has 10 aromatic rings. The minimum Gasteiger partial charge on any atom is -0.399 e. The predicted octanol–water partition coefficient (Wildman–Crippen LogP) is 13.4.